The standard InChI is InChI=1S/C18H24N2S2/c1-3-21-17-11-7-5-9-15(17)19-13-14-20-16-10-6-8-12-18(16)22-4-2/h5-12,19-20H,3-4,13-14H2,1-2H3. The van der Waals surface area contributed by atoms with Gasteiger partial charge in [-0.2, -0.15) is 0 Å². The molecular formula is C18H24N2S2. The summed E-state index contributed by atoms with van der Waals surface area (Å²) in [5.74, 6) is 2.19. The van der Waals surface area contributed by atoms with E-state index in [1.807, 2.05) is 23.5 Å². The van der Waals surface area contributed by atoms with E-state index in [4.69, 9.17) is 0 Å². The van der Waals surface area contributed by atoms with E-state index >= 15 is 0 Å². The van der Waals surface area contributed by atoms with E-state index in [0.29, 0.717) is 0 Å². The van der Waals surface area contributed by atoms with E-state index in [0.717, 1.165) is 24.6 Å². The van der Waals surface area contributed by atoms with Crippen molar-refractivity contribution in [3.05, 3.63) is 48.5 Å². The molecule has 0 unspecified atom stereocenters. The summed E-state index contributed by atoms with van der Waals surface area (Å²) in [6.45, 7) is 6.19. The van der Waals surface area contributed by atoms with Gasteiger partial charge < -0.3 is 10.6 Å². The van der Waals surface area contributed by atoms with Gasteiger partial charge in [0.25, 0.3) is 0 Å². The third-order valence-electron chi connectivity index (χ3n) is 3.13. The van der Waals surface area contributed by atoms with Gasteiger partial charge in [0, 0.05) is 34.3 Å². The van der Waals surface area contributed by atoms with Crippen LogP contribution in [0.15, 0.2) is 58.3 Å². The molecule has 0 aromatic heterocycles. The number of benzene rings is 2. The minimum absolute atomic E-state index is 0.909. The van der Waals surface area contributed by atoms with Crippen LogP contribution in [-0.2, 0) is 0 Å². The fourth-order valence-electron chi connectivity index (χ4n) is 2.18. The lowest BCUT2D eigenvalue weighted by Crippen LogP contribution is -2.14. The highest BCUT2D eigenvalue weighted by Gasteiger charge is 2.02. The first kappa shape index (κ1) is 17.1. The van der Waals surface area contributed by atoms with Crippen molar-refractivity contribution in [2.24, 2.45) is 0 Å². The van der Waals surface area contributed by atoms with Gasteiger partial charge in [-0.05, 0) is 35.8 Å². The zero-order valence-corrected chi connectivity index (χ0v) is 14.9. The number of para-hydroxylation sites is 2. The third kappa shape index (κ3) is 5.18. The van der Waals surface area contributed by atoms with Gasteiger partial charge in [0.05, 0.1) is 0 Å². The molecule has 2 rings (SSSR count). The summed E-state index contributed by atoms with van der Waals surface area (Å²) in [7, 11) is 0. The van der Waals surface area contributed by atoms with Crippen molar-refractivity contribution in [3.8, 4) is 0 Å². The lowest BCUT2D eigenvalue weighted by molar-refractivity contribution is 1.06. The van der Waals surface area contributed by atoms with E-state index < -0.39 is 0 Å². The van der Waals surface area contributed by atoms with Crippen molar-refractivity contribution in [2.75, 3.05) is 35.2 Å². The fourth-order valence-corrected chi connectivity index (χ4v) is 3.75. The molecule has 0 aliphatic heterocycles. The molecule has 2 nitrogen and oxygen atoms in total. The average molecular weight is 333 g/mol. The summed E-state index contributed by atoms with van der Waals surface area (Å²) in [4.78, 5) is 2.65. The van der Waals surface area contributed by atoms with Crippen LogP contribution in [0, 0.1) is 0 Å². The molecule has 2 N–H and O–H groups in total. The molecule has 0 aliphatic carbocycles. The van der Waals surface area contributed by atoms with Gasteiger partial charge in [-0.25, -0.2) is 0 Å². The van der Waals surface area contributed by atoms with Gasteiger partial charge in [-0.1, -0.05) is 38.1 Å². The van der Waals surface area contributed by atoms with Crippen LogP contribution in [0.3, 0.4) is 0 Å². The van der Waals surface area contributed by atoms with E-state index in [-0.39, 0.29) is 0 Å². The maximum absolute atomic E-state index is 3.53. The number of nitrogens with one attached hydrogen (secondary N) is 2. The van der Waals surface area contributed by atoms with Gasteiger partial charge in [0.1, 0.15) is 0 Å². The average Bonchev–Trinajstić information content (AvgIpc) is 2.55. The summed E-state index contributed by atoms with van der Waals surface area (Å²) in [6, 6.07) is 17.0. The zero-order valence-electron chi connectivity index (χ0n) is 13.3. The van der Waals surface area contributed by atoms with Crippen molar-refractivity contribution < 1.29 is 0 Å². The molecule has 2 aromatic rings. The van der Waals surface area contributed by atoms with E-state index in [1.165, 1.54) is 21.2 Å². The molecule has 0 saturated carbocycles. The van der Waals surface area contributed by atoms with Crippen LogP contribution >= 0.6 is 23.5 Å². The molecule has 2 aromatic carbocycles. The summed E-state index contributed by atoms with van der Waals surface area (Å²) in [6.07, 6.45) is 0. The first-order valence-electron chi connectivity index (χ1n) is 7.76. The van der Waals surface area contributed by atoms with Crippen LogP contribution < -0.4 is 10.6 Å². The van der Waals surface area contributed by atoms with Gasteiger partial charge in [0.2, 0.25) is 0 Å². The Bertz CT molecular complexity index is 521. The first-order chi connectivity index (χ1) is 10.8. The number of hydrogen-bond donors (Lipinski definition) is 2. The second-order valence-electron chi connectivity index (χ2n) is 4.71. The summed E-state index contributed by atoms with van der Waals surface area (Å²) in [5.41, 5.74) is 2.46. The normalized spacial score (nSPS) is 10.5. The molecule has 118 valence electrons. The van der Waals surface area contributed by atoms with Crippen LogP contribution in [0.25, 0.3) is 0 Å². The Morgan fingerprint density at radius 2 is 1.09 bits per heavy atom. The Hall–Kier alpha value is -1.26. The smallest absolute Gasteiger partial charge is 0.0478 e. The third-order valence-corrected chi connectivity index (χ3v) is 5.04. The fraction of sp³-hybridized carbons (Fsp3) is 0.333. The molecule has 0 saturated heterocycles. The summed E-state index contributed by atoms with van der Waals surface area (Å²) in [5, 5.41) is 7.06. The van der Waals surface area contributed by atoms with Gasteiger partial charge in [-0.15, -0.1) is 23.5 Å². The zero-order chi connectivity index (χ0) is 15.6. The molecule has 22 heavy (non-hydrogen) atoms. The van der Waals surface area contributed by atoms with Gasteiger partial charge in [-0.3, -0.25) is 0 Å². The number of anilines is 2. The van der Waals surface area contributed by atoms with Crippen molar-refractivity contribution in [2.45, 2.75) is 23.6 Å². The lowest BCUT2D eigenvalue weighted by Gasteiger charge is -2.14. The highest BCUT2D eigenvalue weighted by Crippen LogP contribution is 2.27. The van der Waals surface area contributed by atoms with Crippen molar-refractivity contribution in [1.29, 1.82) is 0 Å². The van der Waals surface area contributed by atoms with Crippen LogP contribution in [0.4, 0.5) is 11.4 Å². The quantitative estimate of drug-likeness (QED) is 0.472. The minimum Gasteiger partial charge on any atom is -0.382 e. The maximum Gasteiger partial charge on any atom is 0.0478 e. The Kier molecular flexibility index (Phi) is 7.54. The summed E-state index contributed by atoms with van der Waals surface area (Å²) < 4.78 is 0. The Labute approximate surface area is 142 Å². The highest BCUT2D eigenvalue weighted by atomic mass is 32.2. The second-order valence-corrected chi connectivity index (χ2v) is 7.32. The molecular weight excluding hydrogens is 308 g/mol. The Morgan fingerprint density at radius 3 is 1.50 bits per heavy atom. The molecule has 0 aliphatic rings. The predicted octanol–water partition coefficient (Wildman–Crippen LogP) is 5.43. The van der Waals surface area contributed by atoms with Crippen molar-refractivity contribution in [3.63, 3.8) is 0 Å². The molecule has 0 amide bonds. The van der Waals surface area contributed by atoms with Crippen LogP contribution in [0.5, 0.6) is 0 Å². The molecule has 0 fully saturated rings. The number of hydrogen-bond acceptors (Lipinski definition) is 4. The second kappa shape index (κ2) is 9.70. The van der Waals surface area contributed by atoms with E-state index in [1.54, 1.807) is 0 Å². The van der Waals surface area contributed by atoms with Gasteiger partial charge >= 0.3 is 0 Å². The molecule has 4 heteroatoms. The van der Waals surface area contributed by atoms with Crippen LogP contribution in [0.2, 0.25) is 0 Å². The SMILES string of the molecule is CCSc1ccccc1NCCNc1ccccc1SCC. The van der Waals surface area contributed by atoms with E-state index in [9.17, 15) is 0 Å². The van der Waals surface area contributed by atoms with Crippen LogP contribution in [0.1, 0.15) is 13.8 Å². The van der Waals surface area contributed by atoms with Crippen molar-refractivity contribution in [1.82, 2.24) is 0 Å². The minimum atomic E-state index is 0.909. The molecule has 0 radical (unpaired) electrons. The monoisotopic (exact) mass is 332 g/mol. The van der Waals surface area contributed by atoms with Crippen molar-refractivity contribution >= 4 is 34.9 Å². The maximum atomic E-state index is 3.53. The number of rotatable bonds is 9. The highest BCUT2D eigenvalue weighted by molar-refractivity contribution is 7.99. The molecule has 0 atom stereocenters. The molecule has 0 spiro atoms. The predicted molar refractivity (Wildman–Crippen MR) is 103 cm³/mol. The van der Waals surface area contributed by atoms with E-state index in [2.05, 4.69) is 73.0 Å². The largest absolute Gasteiger partial charge is 0.382 e. The number of thioether (sulfide) groups is 2. The Balaban J connectivity index is 1.85. The lowest BCUT2D eigenvalue weighted by atomic mass is 10.3. The summed E-state index contributed by atoms with van der Waals surface area (Å²) >= 11 is 3.76. The first-order valence-corrected chi connectivity index (χ1v) is 9.73. The molecule has 0 bridgehead atoms. The molecule has 0 heterocycles. The van der Waals surface area contributed by atoms with Crippen LogP contribution in [-0.4, -0.2) is 24.6 Å². The topological polar surface area (TPSA) is 24.1 Å². The Morgan fingerprint density at radius 1 is 0.682 bits per heavy atom. The van der Waals surface area contributed by atoms with Gasteiger partial charge in [0.15, 0.2) is 0 Å².